The molecule has 0 saturated carbocycles. The lowest BCUT2D eigenvalue weighted by Crippen LogP contribution is -2.35. The summed E-state index contributed by atoms with van der Waals surface area (Å²) in [7, 11) is 0. The first-order valence-corrected chi connectivity index (χ1v) is 8.81. The molecule has 1 amide bonds. The maximum absolute atomic E-state index is 12.6. The van der Waals surface area contributed by atoms with Crippen molar-refractivity contribution in [3.63, 3.8) is 0 Å². The standard InChI is InChI=1S/C17H28N4O2/c1-13-16(19-12-18-13)17(23)21-9-14(15(10-21)11-22)8-20-6-4-2-3-5-7-20/h12,14-15,22H,2-11H2,1H3,(H,18,19)/t14-,15-/m1/s1. The predicted octanol–water partition coefficient (Wildman–Crippen LogP) is 1.27. The third-order valence-electron chi connectivity index (χ3n) is 5.32. The van der Waals surface area contributed by atoms with Crippen LogP contribution in [-0.2, 0) is 0 Å². The minimum Gasteiger partial charge on any atom is -0.396 e. The normalized spacial score (nSPS) is 26.4. The van der Waals surface area contributed by atoms with Gasteiger partial charge in [0.2, 0.25) is 0 Å². The van der Waals surface area contributed by atoms with Gasteiger partial charge in [-0.05, 0) is 38.8 Å². The number of imidazole rings is 1. The number of aromatic nitrogens is 2. The second-order valence-electron chi connectivity index (χ2n) is 7.00. The molecule has 2 fully saturated rings. The molecule has 1 aromatic heterocycles. The summed E-state index contributed by atoms with van der Waals surface area (Å²) in [5.41, 5.74) is 1.32. The van der Waals surface area contributed by atoms with E-state index in [-0.39, 0.29) is 18.4 Å². The van der Waals surface area contributed by atoms with Gasteiger partial charge in [-0.15, -0.1) is 0 Å². The highest BCUT2D eigenvalue weighted by Gasteiger charge is 2.36. The Kier molecular flexibility index (Phi) is 5.33. The maximum Gasteiger partial charge on any atom is 0.274 e. The summed E-state index contributed by atoms with van der Waals surface area (Å²) in [4.78, 5) is 24.1. The van der Waals surface area contributed by atoms with Crippen LogP contribution in [0.25, 0.3) is 0 Å². The molecule has 1 aromatic rings. The molecule has 2 aliphatic heterocycles. The summed E-state index contributed by atoms with van der Waals surface area (Å²) in [6, 6.07) is 0. The molecule has 6 nitrogen and oxygen atoms in total. The van der Waals surface area contributed by atoms with Crippen LogP contribution < -0.4 is 0 Å². The fourth-order valence-corrected chi connectivity index (χ4v) is 3.89. The van der Waals surface area contributed by atoms with Gasteiger partial charge in [0.25, 0.3) is 5.91 Å². The molecule has 2 aliphatic rings. The number of hydrogen-bond acceptors (Lipinski definition) is 4. The Hall–Kier alpha value is -1.40. The first-order valence-electron chi connectivity index (χ1n) is 8.81. The summed E-state index contributed by atoms with van der Waals surface area (Å²) in [6.07, 6.45) is 6.76. The van der Waals surface area contributed by atoms with Gasteiger partial charge in [0.1, 0.15) is 5.69 Å². The van der Waals surface area contributed by atoms with Gasteiger partial charge in [-0.25, -0.2) is 4.98 Å². The highest BCUT2D eigenvalue weighted by atomic mass is 16.3. The molecule has 0 aliphatic carbocycles. The van der Waals surface area contributed by atoms with E-state index in [9.17, 15) is 9.90 Å². The Morgan fingerprint density at radius 3 is 2.57 bits per heavy atom. The van der Waals surface area contributed by atoms with Crippen molar-refractivity contribution in [1.82, 2.24) is 19.8 Å². The van der Waals surface area contributed by atoms with Crippen LogP contribution in [0.3, 0.4) is 0 Å². The number of carbonyl (C=O) groups excluding carboxylic acids is 1. The molecule has 0 spiro atoms. The quantitative estimate of drug-likeness (QED) is 0.876. The van der Waals surface area contributed by atoms with Crippen LogP contribution in [0, 0.1) is 18.8 Å². The van der Waals surface area contributed by atoms with Crippen LogP contribution in [0.4, 0.5) is 0 Å². The molecule has 2 atom stereocenters. The number of carbonyl (C=O) groups is 1. The van der Waals surface area contributed by atoms with Crippen molar-refractivity contribution < 1.29 is 9.90 Å². The van der Waals surface area contributed by atoms with Crippen molar-refractivity contribution in [2.75, 3.05) is 39.3 Å². The number of nitrogens with zero attached hydrogens (tertiary/aromatic N) is 3. The number of aryl methyl sites for hydroxylation is 1. The topological polar surface area (TPSA) is 72.5 Å². The molecule has 2 N–H and O–H groups in total. The van der Waals surface area contributed by atoms with Crippen LogP contribution in [-0.4, -0.2) is 70.1 Å². The lowest BCUT2D eigenvalue weighted by molar-refractivity contribution is 0.0773. The predicted molar refractivity (Wildman–Crippen MR) is 88.2 cm³/mol. The molecule has 23 heavy (non-hydrogen) atoms. The highest BCUT2D eigenvalue weighted by Crippen LogP contribution is 2.26. The SMILES string of the molecule is Cc1[nH]cnc1C(=O)N1C[C@@H](CN2CCCCCC2)[C@@H](CO)C1. The molecular weight excluding hydrogens is 292 g/mol. The number of likely N-dealkylation sites (tertiary alicyclic amines) is 2. The third kappa shape index (κ3) is 3.75. The van der Waals surface area contributed by atoms with Crippen molar-refractivity contribution in [2.45, 2.75) is 32.6 Å². The average molecular weight is 320 g/mol. The lowest BCUT2D eigenvalue weighted by atomic mass is 9.96. The van der Waals surface area contributed by atoms with Crippen LogP contribution in [0.1, 0.15) is 41.9 Å². The fraction of sp³-hybridized carbons (Fsp3) is 0.765. The van der Waals surface area contributed by atoms with E-state index in [1.807, 2.05) is 11.8 Å². The van der Waals surface area contributed by atoms with Crippen LogP contribution >= 0.6 is 0 Å². The highest BCUT2D eigenvalue weighted by molar-refractivity contribution is 5.93. The Bertz CT molecular complexity index is 522. The minimum atomic E-state index is -0.0134. The molecule has 6 heteroatoms. The van der Waals surface area contributed by atoms with Crippen molar-refractivity contribution >= 4 is 5.91 Å². The summed E-state index contributed by atoms with van der Waals surface area (Å²) >= 11 is 0. The third-order valence-corrected chi connectivity index (χ3v) is 5.32. The number of H-pyrrole nitrogens is 1. The minimum absolute atomic E-state index is 0.0134. The Balaban J connectivity index is 1.63. The van der Waals surface area contributed by atoms with Gasteiger partial charge >= 0.3 is 0 Å². The van der Waals surface area contributed by atoms with E-state index >= 15 is 0 Å². The second kappa shape index (κ2) is 7.45. The molecule has 0 unspecified atom stereocenters. The van der Waals surface area contributed by atoms with Crippen molar-refractivity contribution in [3.8, 4) is 0 Å². The Labute approximate surface area is 137 Å². The molecule has 2 saturated heterocycles. The van der Waals surface area contributed by atoms with E-state index in [1.165, 1.54) is 25.7 Å². The monoisotopic (exact) mass is 320 g/mol. The van der Waals surface area contributed by atoms with E-state index in [2.05, 4.69) is 14.9 Å². The molecule has 3 heterocycles. The van der Waals surface area contributed by atoms with Crippen molar-refractivity contribution in [3.05, 3.63) is 17.7 Å². The largest absolute Gasteiger partial charge is 0.396 e. The summed E-state index contributed by atoms with van der Waals surface area (Å²) in [5.74, 6) is 0.531. The fourth-order valence-electron chi connectivity index (χ4n) is 3.89. The van der Waals surface area contributed by atoms with Crippen molar-refractivity contribution in [1.29, 1.82) is 0 Å². The number of aliphatic hydroxyl groups is 1. The summed E-state index contributed by atoms with van der Waals surface area (Å²) in [5, 5.41) is 9.73. The number of aliphatic hydroxyl groups excluding tert-OH is 1. The van der Waals surface area contributed by atoms with E-state index in [4.69, 9.17) is 0 Å². The molecule has 3 rings (SSSR count). The van der Waals surface area contributed by atoms with E-state index in [0.717, 1.165) is 31.9 Å². The van der Waals surface area contributed by atoms with Crippen LogP contribution in [0.15, 0.2) is 6.33 Å². The molecule has 0 aromatic carbocycles. The van der Waals surface area contributed by atoms with E-state index in [1.54, 1.807) is 6.33 Å². The first kappa shape index (κ1) is 16.5. The van der Waals surface area contributed by atoms with Gasteiger partial charge in [-0.1, -0.05) is 12.8 Å². The second-order valence-corrected chi connectivity index (χ2v) is 7.00. The molecule has 0 bridgehead atoms. The van der Waals surface area contributed by atoms with Gasteiger partial charge in [0.15, 0.2) is 0 Å². The van der Waals surface area contributed by atoms with Gasteiger partial charge in [-0.3, -0.25) is 4.79 Å². The number of hydrogen-bond donors (Lipinski definition) is 2. The van der Waals surface area contributed by atoms with Gasteiger partial charge in [-0.2, -0.15) is 0 Å². The molecule has 0 radical (unpaired) electrons. The van der Waals surface area contributed by atoms with Crippen LogP contribution in [0.2, 0.25) is 0 Å². The number of amides is 1. The molecular formula is C17H28N4O2. The zero-order valence-electron chi connectivity index (χ0n) is 14.0. The average Bonchev–Trinajstić information content (AvgIpc) is 3.06. The zero-order chi connectivity index (χ0) is 16.2. The summed E-state index contributed by atoms with van der Waals surface area (Å²) < 4.78 is 0. The number of nitrogens with one attached hydrogen (secondary N) is 1. The van der Waals surface area contributed by atoms with Crippen molar-refractivity contribution in [2.24, 2.45) is 11.8 Å². The number of aromatic amines is 1. The van der Waals surface area contributed by atoms with Gasteiger partial charge < -0.3 is 19.9 Å². The summed E-state index contributed by atoms with van der Waals surface area (Å²) in [6.45, 7) is 6.69. The number of rotatable bonds is 4. The molecule has 128 valence electrons. The first-order chi connectivity index (χ1) is 11.2. The van der Waals surface area contributed by atoms with Crippen LogP contribution in [0.5, 0.6) is 0 Å². The maximum atomic E-state index is 12.6. The van der Waals surface area contributed by atoms with E-state index < -0.39 is 0 Å². The Morgan fingerprint density at radius 2 is 1.96 bits per heavy atom. The lowest BCUT2D eigenvalue weighted by Gasteiger charge is -2.26. The zero-order valence-corrected chi connectivity index (χ0v) is 14.0. The Morgan fingerprint density at radius 1 is 1.26 bits per heavy atom. The smallest absolute Gasteiger partial charge is 0.274 e. The van der Waals surface area contributed by atoms with Gasteiger partial charge in [0, 0.05) is 37.9 Å². The van der Waals surface area contributed by atoms with Gasteiger partial charge in [0.05, 0.1) is 6.33 Å². The van der Waals surface area contributed by atoms with E-state index in [0.29, 0.717) is 18.2 Å².